The highest BCUT2D eigenvalue weighted by Crippen LogP contribution is 2.18. The molecule has 0 fully saturated rings. The molecule has 0 unspecified atom stereocenters. The Morgan fingerprint density at radius 2 is 0.550 bits per heavy atom. The fourth-order valence-electron chi connectivity index (χ4n) is 8.17. The van der Waals surface area contributed by atoms with Gasteiger partial charge in [0.05, 0.1) is 0 Å². The van der Waals surface area contributed by atoms with Gasteiger partial charge in [-0.2, -0.15) is 0 Å². The highest BCUT2D eigenvalue weighted by atomic mass is 16.6. The summed E-state index contributed by atoms with van der Waals surface area (Å²) in [6, 6.07) is 0. The molecule has 0 amide bonds. The van der Waals surface area contributed by atoms with Crippen LogP contribution in [0.4, 0.5) is 0 Å². The van der Waals surface area contributed by atoms with Crippen LogP contribution in [0.3, 0.4) is 0 Å². The van der Waals surface area contributed by atoms with Crippen molar-refractivity contribution in [3.05, 3.63) is 0 Å². The zero-order valence-corrected chi connectivity index (χ0v) is 41.1. The molecule has 0 radical (unpaired) electrons. The third-order valence-electron chi connectivity index (χ3n) is 12.2. The third kappa shape index (κ3) is 47.5. The van der Waals surface area contributed by atoms with E-state index >= 15 is 0 Å². The Kier molecular flexibility index (Phi) is 45.7. The average Bonchev–Trinajstić information content (AvgIpc) is 3.22. The minimum Gasteiger partial charge on any atom is -0.462 e. The second kappa shape index (κ2) is 46.9. The van der Waals surface area contributed by atoms with Crippen molar-refractivity contribution in [1.82, 2.24) is 0 Å². The molecule has 0 spiro atoms. The van der Waals surface area contributed by atoms with E-state index in [0.29, 0.717) is 19.3 Å². The second-order valence-electron chi connectivity index (χ2n) is 19.5. The second-order valence-corrected chi connectivity index (χ2v) is 19.5. The summed E-state index contributed by atoms with van der Waals surface area (Å²) in [6.45, 7) is 11.4. The lowest BCUT2D eigenvalue weighted by molar-refractivity contribution is -0.167. The SMILES string of the molecule is CCCCCCCCCCCCCCC(=O)O[C@@H](COC(=O)CCCCCCCCCCCCCCCCCCC(C)C)COC(=O)CCCCCCCCCCC(C)C. The molecule has 0 N–H and O–H groups in total. The number of hydrogen-bond donors (Lipinski definition) is 0. The van der Waals surface area contributed by atoms with Crippen LogP contribution in [-0.4, -0.2) is 37.2 Å². The van der Waals surface area contributed by atoms with Gasteiger partial charge in [-0.05, 0) is 31.1 Å². The van der Waals surface area contributed by atoms with Crippen molar-refractivity contribution in [2.45, 2.75) is 304 Å². The smallest absolute Gasteiger partial charge is 0.306 e. The summed E-state index contributed by atoms with van der Waals surface area (Å²) in [4.78, 5) is 37.9. The van der Waals surface area contributed by atoms with Crippen LogP contribution in [0.5, 0.6) is 0 Å². The van der Waals surface area contributed by atoms with Gasteiger partial charge >= 0.3 is 17.9 Å². The predicted molar refractivity (Wildman–Crippen MR) is 256 cm³/mol. The van der Waals surface area contributed by atoms with E-state index < -0.39 is 6.10 Å². The van der Waals surface area contributed by atoms with Crippen LogP contribution < -0.4 is 0 Å². The van der Waals surface area contributed by atoms with Gasteiger partial charge in [-0.1, -0.05) is 259 Å². The Bertz CT molecular complexity index is 916. The average molecular weight is 849 g/mol. The molecule has 0 bridgehead atoms. The first kappa shape index (κ1) is 58.4. The molecule has 0 heterocycles. The Balaban J connectivity index is 4.24. The van der Waals surface area contributed by atoms with Crippen molar-refractivity contribution in [2.75, 3.05) is 13.2 Å². The van der Waals surface area contributed by atoms with Gasteiger partial charge in [0, 0.05) is 19.3 Å². The molecule has 0 rings (SSSR count). The summed E-state index contributed by atoms with van der Waals surface area (Å²) in [5.74, 6) is 0.802. The summed E-state index contributed by atoms with van der Waals surface area (Å²) in [5, 5.41) is 0. The minimum atomic E-state index is -0.761. The number of esters is 3. The van der Waals surface area contributed by atoms with Gasteiger partial charge in [-0.3, -0.25) is 14.4 Å². The Morgan fingerprint density at radius 1 is 0.317 bits per heavy atom. The van der Waals surface area contributed by atoms with Crippen LogP contribution in [0, 0.1) is 11.8 Å². The summed E-state index contributed by atoms with van der Waals surface area (Å²) < 4.78 is 16.8. The Labute approximate surface area is 374 Å². The van der Waals surface area contributed by atoms with Crippen molar-refractivity contribution in [1.29, 1.82) is 0 Å². The molecule has 0 aliphatic rings. The molecular formula is C54H104O6. The van der Waals surface area contributed by atoms with Crippen LogP contribution in [0.1, 0.15) is 298 Å². The molecule has 1 atom stereocenters. The van der Waals surface area contributed by atoms with Gasteiger partial charge in [-0.25, -0.2) is 0 Å². The van der Waals surface area contributed by atoms with Crippen molar-refractivity contribution >= 4 is 17.9 Å². The lowest BCUT2D eigenvalue weighted by Gasteiger charge is -2.18. The van der Waals surface area contributed by atoms with Crippen LogP contribution in [0.15, 0.2) is 0 Å². The summed E-state index contributed by atoms with van der Waals surface area (Å²) in [6.07, 6.45) is 48.1. The molecule has 0 saturated carbocycles. The highest BCUT2D eigenvalue weighted by Gasteiger charge is 2.19. The van der Waals surface area contributed by atoms with E-state index in [1.807, 2.05) is 0 Å². The first-order valence-electron chi connectivity index (χ1n) is 26.7. The zero-order chi connectivity index (χ0) is 44.0. The molecule has 0 aliphatic heterocycles. The van der Waals surface area contributed by atoms with Gasteiger partial charge in [0.2, 0.25) is 0 Å². The fraction of sp³-hybridized carbons (Fsp3) is 0.944. The van der Waals surface area contributed by atoms with E-state index in [0.717, 1.165) is 69.6 Å². The first-order valence-corrected chi connectivity index (χ1v) is 26.7. The molecule has 6 heteroatoms. The number of hydrogen-bond acceptors (Lipinski definition) is 6. The lowest BCUT2D eigenvalue weighted by Crippen LogP contribution is -2.30. The standard InChI is InChI=1S/C54H104O6/c1-6-7-8-9-10-11-12-20-24-31-36-41-46-54(57)60-51(48-59-53(56)45-40-35-30-26-25-28-33-38-43-50(4)5)47-58-52(55)44-39-34-29-23-21-18-16-14-13-15-17-19-22-27-32-37-42-49(2)3/h49-51H,6-48H2,1-5H3/t51-/m0/s1. The predicted octanol–water partition coefficient (Wildman–Crippen LogP) is 17.3. The maximum atomic E-state index is 12.8. The van der Waals surface area contributed by atoms with Crippen molar-refractivity contribution in [2.24, 2.45) is 11.8 Å². The van der Waals surface area contributed by atoms with E-state index in [-0.39, 0.29) is 31.1 Å². The van der Waals surface area contributed by atoms with Crippen LogP contribution in [0.25, 0.3) is 0 Å². The maximum Gasteiger partial charge on any atom is 0.306 e. The third-order valence-corrected chi connectivity index (χ3v) is 12.2. The number of ether oxygens (including phenoxy) is 3. The minimum absolute atomic E-state index is 0.0636. The maximum absolute atomic E-state index is 12.8. The van der Waals surface area contributed by atoms with Crippen LogP contribution in [0.2, 0.25) is 0 Å². The fourth-order valence-corrected chi connectivity index (χ4v) is 8.17. The number of rotatable bonds is 48. The van der Waals surface area contributed by atoms with E-state index in [4.69, 9.17) is 14.2 Å². The van der Waals surface area contributed by atoms with E-state index in [1.54, 1.807) is 0 Å². The molecular weight excluding hydrogens is 745 g/mol. The van der Waals surface area contributed by atoms with Crippen LogP contribution in [-0.2, 0) is 28.6 Å². The van der Waals surface area contributed by atoms with Gasteiger partial charge in [0.1, 0.15) is 13.2 Å². The normalized spacial score (nSPS) is 12.1. The Hall–Kier alpha value is -1.59. The lowest BCUT2D eigenvalue weighted by atomic mass is 10.0. The van der Waals surface area contributed by atoms with Crippen molar-refractivity contribution in [3.63, 3.8) is 0 Å². The summed E-state index contributed by atoms with van der Waals surface area (Å²) in [7, 11) is 0. The quantitative estimate of drug-likeness (QED) is 0.0345. The van der Waals surface area contributed by atoms with Gasteiger partial charge in [0.25, 0.3) is 0 Å². The van der Waals surface area contributed by atoms with E-state index in [1.165, 1.54) is 186 Å². The van der Waals surface area contributed by atoms with Gasteiger partial charge in [0.15, 0.2) is 6.10 Å². The van der Waals surface area contributed by atoms with E-state index in [2.05, 4.69) is 34.6 Å². The monoisotopic (exact) mass is 849 g/mol. The molecule has 0 aliphatic carbocycles. The first-order chi connectivity index (χ1) is 29.2. The highest BCUT2D eigenvalue weighted by molar-refractivity contribution is 5.71. The number of unbranched alkanes of at least 4 members (excludes halogenated alkanes) is 33. The van der Waals surface area contributed by atoms with Crippen molar-refractivity contribution in [3.8, 4) is 0 Å². The molecule has 356 valence electrons. The molecule has 6 nitrogen and oxygen atoms in total. The zero-order valence-electron chi connectivity index (χ0n) is 41.1. The Morgan fingerprint density at radius 3 is 0.817 bits per heavy atom. The molecule has 0 saturated heterocycles. The molecule has 0 aromatic rings. The number of carbonyl (C=O) groups is 3. The largest absolute Gasteiger partial charge is 0.462 e. The van der Waals surface area contributed by atoms with Gasteiger partial charge in [-0.15, -0.1) is 0 Å². The number of carbonyl (C=O) groups excluding carboxylic acids is 3. The van der Waals surface area contributed by atoms with E-state index in [9.17, 15) is 14.4 Å². The molecule has 60 heavy (non-hydrogen) atoms. The summed E-state index contributed by atoms with van der Waals surface area (Å²) >= 11 is 0. The van der Waals surface area contributed by atoms with Crippen LogP contribution >= 0.6 is 0 Å². The molecule has 0 aromatic carbocycles. The molecule has 0 aromatic heterocycles. The van der Waals surface area contributed by atoms with Gasteiger partial charge < -0.3 is 14.2 Å². The van der Waals surface area contributed by atoms with Crippen molar-refractivity contribution < 1.29 is 28.6 Å². The summed E-state index contributed by atoms with van der Waals surface area (Å²) in [5.41, 5.74) is 0. The topological polar surface area (TPSA) is 78.9 Å².